The van der Waals surface area contributed by atoms with Crippen LogP contribution in [0.15, 0.2) is 12.3 Å². The molecule has 0 aliphatic heterocycles. The van der Waals surface area contributed by atoms with Crippen molar-refractivity contribution in [3.05, 3.63) is 18.0 Å². The molecule has 0 radical (unpaired) electrons. The van der Waals surface area contributed by atoms with Crippen molar-refractivity contribution in [2.45, 2.75) is 12.5 Å². The number of carbonyl (C=O) groups excluding carboxylic acids is 1. The predicted molar refractivity (Wildman–Crippen MR) is 65.1 cm³/mol. The summed E-state index contributed by atoms with van der Waals surface area (Å²) in [6.45, 7) is 0. The molecule has 0 aliphatic rings. The van der Waals surface area contributed by atoms with E-state index in [1.54, 1.807) is 31.1 Å². The summed E-state index contributed by atoms with van der Waals surface area (Å²) in [6.07, 6.45) is 3.92. The Morgan fingerprint density at radius 2 is 2.35 bits per heavy atom. The molecular weight excluding hydrogens is 242 g/mol. The van der Waals surface area contributed by atoms with E-state index in [0.717, 1.165) is 0 Å². The summed E-state index contributed by atoms with van der Waals surface area (Å²) in [4.78, 5) is 22.6. The minimum absolute atomic E-state index is 0.225. The van der Waals surface area contributed by atoms with Crippen molar-refractivity contribution in [3.8, 4) is 0 Å². The third-order valence-corrected chi connectivity index (χ3v) is 2.80. The quantitative estimate of drug-likeness (QED) is 0.768. The maximum atomic E-state index is 11.7. The van der Waals surface area contributed by atoms with Crippen molar-refractivity contribution in [2.75, 3.05) is 12.0 Å². The molecule has 1 heterocycles. The van der Waals surface area contributed by atoms with Crippen LogP contribution in [0.1, 0.15) is 16.9 Å². The number of nitrogens with zero attached hydrogens (tertiary/aromatic N) is 2. The molecule has 7 heteroatoms. The number of rotatable bonds is 6. The largest absolute Gasteiger partial charge is 0.480 e. The summed E-state index contributed by atoms with van der Waals surface area (Å²) in [6, 6.07) is 0.681. The number of hydrogen-bond donors (Lipinski definition) is 2. The fraction of sp³-hybridized carbons (Fsp3) is 0.500. The first-order valence-corrected chi connectivity index (χ1v) is 6.46. The number of aromatic nitrogens is 2. The van der Waals surface area contributed by atoms with E-state index in [9.17, 15) is 9.59 Å². The zero-order valence-electron chi connectivity index (χ0n) is 9.71. The van der Waals surface area contributed by atoms with Gasteiger partial charge in [0.2, 0.25) is 0 Å². The number of aryl methyl sites for hydroxylation is 1. The molecule has 1 aromatic rings. The normalized spacial score (nSPS) is 12.1. The van der Waals surface area contributed by atoms with Gasteiger partial charge in [-0.2, -0.15) is 16.9 Å². The van der Waals surface area contributed by atoms with Crippen LogP contribution >= 0.6 is 11.8 Å². The van der Waals surface area contributed by atoms with E-state index in [4.69, 9.17) is 5.11 Å². The number of carboxylic acid groups (broad SMARTS) is 1. The smallest absolute Gasteiger partial charge is 0.326 e. The zero-order chi connectivity index (χ0) is 12.8. The van der Waals surface area contributed by atoms with Crippen molar-refractivity contribution in [2.24, 2.45) is 7.05 Å². The lowest BCUT2D eigenvalue weighted by atomic mass is 10.2. The van der Waals surface area contributed by atoms with E-state index in [-0.39, 0.29) is 5.69 Å². The number of carboxylic acids is 1. The molecular formula is C10H15N3O3S. The second-order valence-electron chi connectivity index (χ2n) is 3.52. The molecule has 0 spiro atoms. The van der Waals surface area contributed by atoms with Gasteiger partial charge in [0.25, 0.3) is 5.91 Å². The fourth-order valence-electron chi connectivity index (χ4n) is 1.26. The summed E-state index contributed by atoms with van der Waals surface area (Å²) < 4.78 is 1.49. The van der Waals surface area contributed by atoms with Gasteiger partial charge in [0, 0.05) is 13.2 Å². The van der Waals surface area contributed by atoms with Crippen molar-refractivity contribution < 1.29 is 14.7 Å². The number of carbonyl (C=O) groups is 2. The molecule has 0 saturated carbocycles. The standard InChI is InChI=1S/C10H15N3O3S/c1-13-5-3-7(12-13)9(14)11-8(10(15)16)4-6-17-2/h3,5,8H,4,6H2,1-2H3,(H,11,14)(H,15,16). The number of hydrogen-bond acceptors (Lipinski definition) is 4. The highest BCUT2D eigenvalue weighted by molar-refractivity contribution is 7.98. The van der Waals surface area contributed by atoms with Gasteiger partial charge in [0.1, 0.15) is 11.7 Å². The number of amides is 1. The second-order valence-corrected chi connectivity index (χ2v) is 4.51. The van der Waals surface area contributed by atoms with Crippen LogP contribution in [0.5, 0.6) is 0 Å². The summed E-state index contributed by atoms with van der Waals surface area (Å²) in [5, 5.41) is 15.3. The molecule has 1 atom stereocenters. The maximum absolute atomic E-state index is 11.7. The van der Waals surface area contributed by atoms with Crippen molar-refractivity contribution >= 4 is 23.6 Å². The summed E-state index contributed by atoms with van der Waals surface area (Å²) in [5.41, 5.74) is 0.225. The van der Waals surface area contributed by atoms with Crippen LogP contribution in [0.2, 0.25) is 0 Å². The lowest BCUT2D eigenvalue weighted by Crippen LogP contribution is -2.41. The van der Waals surface area contributed by atoms with Crippen LogP contribution in [0, 0.1) is 0 Å². The Labute approximate surface area is 103 Å². The average molecular weight is 257 g/mol. The van der Waals surface area contributed by atoms with Gasteiger partial charge in [-0.05, 0) is 24.5 Å². The molecule has 1 amide bonds. The van der Waals surface area contributed by atoms with Crippen LogP contribution in [0.3, 0.4) is 0 Å². The van der Waals surface area contributed by atoms with E-state index >= 15 is 0 Å². The average Bonchev–Trinajstić information content (AvgIpc) is 2.70. The third kappa shape index (κ3) is 4.10. The Balaban J connectivity index is 2.60. The lowest BCUT2D eigenvalue weighted by Gasteiger charge is -2.12. The molecule has 1 aromatic heterocycles. The first-order valence-electron chi connectivity index (χ1n) is 5.07. The summed E-state index contributed by atoms with van der Waals surface area (Å²) in [7, 11) is 1.69. The lowest BCUT2D eigenvalue weighted by molar-refractivity contribution is -0.139. The highest BCUT2D eigenvalue weighted by Crippen LogP contribution is 2.02. The number of nitrogens with one attached hydrogen (secondary N) is 1. The molecule has 6 nitrogen and oxygen atoms in total. The van der Waals surface area contributed by atoms with Crippen LogP contribution < -0.4 is 5.32 Å². The molecule has 1 rings (SSSR count). The maximum Gasteiger partial charge on any atom is 0.326 e. The SMILES string of the molecule is CSCCC(NC(=O)c1ccn(C)n1)C(=O)O. The van der Waals surface area contributed by atoms with E-state index in [1.165, 1.54) is 4.68 Å². The zero-order valence-corrected chi connectivity index (χ0v) is 10.5. The van der Waals surface area contributed by atoms with E-state index in [2.05, 4.69) is 10.4 Å². The van der Waals surface area contributed by atoms with Gasteiger partial charge in [-0.25, -0.2) is 4.79 Å². The first kappa shape index (κ1) is 13.6. The molecule has 94 valence electrons. The van der Waals surface area contributed by atoms with Gasteiger partial charge in [-0.1, -0.05) is 0 Å². The Morgan fingerprint density at radius 1 is 1.65 bits per heavy atom. The van der Waals surface area contributed by atoms with Crippen LogP contribution in [0.25, 0.3) is 0 Å². The van der Waals surface area contributed by atoms with Gasteiger partial charge < -0.3 is 10.4 Å². The molecule has 2 N–H and O–H groups in total. The van der Waals surface area contributed by atoms with Crippen molar-refractivity contribution in [3.63, 3.8) is 0 Å². The van der Waals surface area contributed by atoms with Gasteiger partial charge in [-0.15, -0.1) is 0 Å². The molecule has 0 saturated heterocycles. The Morgan fingerprint density at radius 3 is 2.82 bits per heavy atom. The van der Waals surface area contributed by atoms with Gasteiger partial charge >= 0.3 is 5.97 Å². The molecule has 1 unspecified atom stereocenters. The topological polar surface area (TPSA) is 84.2 Å². The van der Waals surface area contributed by atoms with Crippen molar-refractivity contribution in [1.29, 1.82) is 0 Å². The molecule has 0 bridgehead atoms. The molecule has 0 aliphatic carbocycles. The van der Waals surface area contributed by atoms with E-state index < -0.39 is 17.9 Å². The molecule has 17 heavy (non-hydrogen) atoms. The van der Waals surface area contributed by atoms with Gasteiger partial charge in [-0.3, -0.25) is 9.48 Å². The summed E-state index contributed by atoms with van der Waals surface area (Å²) >= 11 is 1.54. The first-order chi connectivity index (χ1) is 8.04. The molecule has 0 aromatic carbocycles. The highest BCUT2D eigenvalue weighted by Gasteiger charge is 2.21. The van der Waals surface area contributed by atoms with Crippen LogP contribution in [-0.2, 0) is 11.8 Å². The number of aliphatic carboxylic acids is 1. The Bertz CT molecular complexity index is 405. The van der Waals surface area contributed by atoms with Gasteiger partial charge in [0.05, 0.1) is 0 Å². The van der Waals surface area contributed by atoms with Crippen molar-refractivity contribution in [1.82, 2.24) is 15.1 Å². The molecule has 0 fully saturated rings. The minimum Gasteiger partial charge on any atom is -0.480 e. The minimum atomic E-state index is -1.02. The van der Waals surface area contributed by atoms with E-state index in [0.29, 0.717) is 12.2 Å². The third-order valence-electron chi connectivity index (χ3n) is 2.16. The Hall–Kier alpha value is -1.50. The summed E-state index contributed by atoms with van der Waals surface area (Å²) in [5.74, 6) is -0.804. The van der Waals surface area contributed by atoms with E-state index in [1.807, 2.05) is 6.26 Å². The second kappa shape index (κ2) is 6.29. The highest BCUT2D eigenvalue weighted by atomic mass is 32.2. The van der Waals surface area contributed by atoms with Crippen LogP contribution in [0.4, 0.5) is 0 Å². The monoisotopic (exact) mass is 257 g/mol. The fourth-order valence-corrected chi connectivity index (χ4v) is 1.73. The Kier molecular flexibility index (Phi) is 5.02. The predicted octanol–water partition coefficient (Wildman–Crippen LogP) is 0.356. The van der Waals surface area contributed by atoms with Crippen LogP contribution in [-0.4, -0.2) is 44.8 Å². The number of thioether (sulfide) groups is 1. The van der Waals surface area contributed by atoms with Gasteiger partial charge in [0.15, 0.2) is 0 Å².